The summed E-state index contributed by atoms with van der Waals surface area (Å²) >= 11 is 0. The van der Waals surface area contributed by atoms with Gasteiger partial charge in [0.2, 0.25) is 0 Å². The van der Waals surface area contributed by atoms with E-state index in [1.54, 1.807) is 0 Å². The van der Waals surface area contributed by atoms with Gasteiger partial charge in [-0.2, -0.15) is 0 Å². The molecule has 0 heterocycles. The van der Waals surface area contributed by atoms with Crippen molar-refractivity contribution >= 4 is 0 Å². The zero-order chi connectivity index (χ0) is 10.2. The van der Waals surface area contributed by atoms with E-state index >= 15 is 0 Å². The van der Waals surface area contributed by atoms with Crippen molar-refractivity contribution in [3.63, 3.8) is 0 Å². The maximum atomic E-state index is 9.07. The zero-order valence-electron chi connectivity index (χ0n) is 10.00. The van der Waals surface area contributed by atoms with Gasteiger partial charge in [0.15, 0.2) is 0 Å². The van der Waals surface area contributed by atoms with E-state index in [2.05, 4.69) is 20.8 Å². The Morgan fingerprint density at radius 3 is 1.36 bits per heavy atom. The zero-order valence-corrected chi connectivity index (χ0v) is 10.00. The van der Waals surface area contributed by atoms with Crippen LogP contribution in [0.2, 0.25) is 0 Å². The quantitative estimate of drug-likeness (QED) is 0.615. The average molecular weight is 205 g/mol. The molecule has 2 N–H and O–H groups in total. The van der Waals surface area contributed by atoms with Crippen molar-refractivity contribution in [3.05, 3.63) is 0 Å². The van der Waals surface area contributed by atoms with Gasteiger partial charge >= 0.3 is 0 Å². The van der Waals surface area contributed by atoms with Crippen molar-refractivity contribution in [1.82, 2.24) is 0 Å². The highest BCUT2D eigenvalue weighted by molar-refractivity contribution is 4.43. The Morgan fingerprint density at radius 1 is 0.786 bits per heavy atom. The number of hydrogen-bond donors (Lipinski definition) is 1. The summed E-state index contributed by atoms with van der Waals surface area (Å²) in [6.45, 7) is 11.6. The third kappa shape index (κ3) is 5.58. The highest BCUT2D eigenvalue weighted by atomic mass is 16.3. The molecule has 3 heteroatoms. The van der Waals surface area contributed by atoms with E-state index in [1.807, 2.05) is 0 Å². The molecule has 0 spiro atoms. The molecule has 0 aromatic carbocycles. The summed E-state index contributed by atoms with van der Waals surface area (Å²) in [6, 6.07) is 0. The molecule has 0 rings (SSSR count). The molecule has 0 atom stereocenters. The summed E-state index contributed by atoms with van der Waals surface area (Å²) in [5.41, 5.74) is 0. The lowest BCUT2D eigenvalue weighted by atomic mass is 10.2. The van der Waals surface area contributed by atoms with E-state index in [4.69, 9.17) is 5.11 Å². The van der Waals surface area contributed by atoms with Gasteiger partial charge in [0, 0.05) is 0 Å². The van der Waals surface area contributed by atoms with E-state index in [9.17, 15) is 0 Å². The average Bonchev–Trinajstić information content (AvgIpc) is 2.06. The fourth-order valence-electron chi connectivity index (χ4n) is 2.31. The van der Waals surface area contributed by atoms with Crippen LogP contribution in [-0.2, 0) is 0 Å². The number of rotatable bonds is 8. The lowest BCUT2D eigenvalue weighted by Gasteiger charge is -2.38. The van der Waals surface area contributed by atoms with Crippen LogP contribution < -0.4 is 0 Å². The first kappa shape index (κ1) is 16.3. The summed E-state index contributed by atoms with van der Waals surface area (Å²) in [5.74, 6) is 0. The van der Waals surface area contributed by atoms with Gasteiger partial charge in [-0.25, -0.2) is 0 Å². The molecule has 14 heavy (non-hydrogen) atoms. The van der Waals surface area contributed by atoms with E-state index < -0.39 is 0 Å². The fourth-order valence-corrected chi connectivity index (χ4v) is 2.31. The third-order valence-corrected chi connectivity index (χ3v) is 2.67. The van der Waals surface area contributed by atoms with Crippen LogP contribution in [0.4, 0.5) is 0 Å². The molecule has 0 bridgehead atoms. The van der Waals surface area contributed by atoms with E-state index in [-0.39, 0.29) is 5.48 Å². The maximum Gasteiger partial charge on any atom is 0.102 e. The molecule has 3 nitrogen and oxygen atoms in total. The second-order valence-corrected chi connectivity index (χ2v) is 3.96. The summed E-state index contributed by atoms with van der Waals surface area (Å²) in [5, 5.41) is 9.07. The number of nitrogens with zero attached hydrogens (tertiary/aromatic N) is 1. The third-order valence-electron chi connectivity index (χ3n) is 2.67. The first-order valence-electron chi connectivity index (χ1n) is 5.70. The minimum atomic E-state index is 0. The minimum absolute atomic E-state index is 0. The lowest BCUT2D eigenvalue weighted by Crippen LogP contribution is -2.51. The minimum Gasteiger partial charge on any atom is -0.870 e. The molecule has 0 saturated carbocycles. The van der Waals surface area contributed by atoms with Crippen LogP contribution in [0.5, 0.6) is 0 Å². The maximum absolute atomic E-state index is 9.07. The molecular formula is C11H27NO2. The van der Waals surface area contributed by atoms with Crippen LogP contribution in [0.25, 0.3) is 0 Å². The van der Waals surface area contributed by atoms with Crippen molar-refractivity contribution < 1.29 is 15.1 Å². The van der Waals surface area contributed by atoms with Crippen LogP contribution in [0.1, 0.15) is 40.0 Å². The molecule has 0 aromatic rings. The summed E-state index contributed by atoms with van der Waals surface area (Å²) in [4.78, 5) is 0. The standard InChI is InChI=1S/C11H26NO.H2O/c1-4-7-12(8-5-2,9-6-3)10-11-13;/h13H,4-11H2,1-3H3;1H2/q+1;/p-1. The normalized spacial score (nSPS) is 11.1. The Kier molecular flexibility index (Phi) is 11.0. The molecule has 0 amide bonds. The monoisotopic (exact) mass is 205 g/mol. The van der Waals surface area contributed by atoms with Crippen LogP contribution >= 0.6 is 0 Å². The van der Waals surface area contributed by atoms with Crippen molar-refractivity contribution in [2.45, 2.75) is 40.0 Å². The topological polar surface area (TPSA) is 50.2 Å². The molecule has 0 unspecified atom stereocenters. The number of hydrogen-bond acceptors (Lipinski definition) is 2. The second kappa shape index (κ2) is 9.44. The number of quaternary nitrogens is 1. The predicted molar refractivity (Wildman–Crippen MR) is 59.6 cm³/mol. The Labute approximate surface area is 88.6 Å². The van der Waals surface area contributed by atoms with Crippen LogP contribution in [0.15, 0.2) is 0 Å². The van der Waals surface area contributed by atoms with Gasteiger partial charge in [-0.15, -0.1) is 0 Å². The van der Waals surface area contributed by atoms with Crippen LogP contribution in [0.3, 0.4) is 0 Å². The Morgan fingerprint density at radius 2 is 1.14 bits per heavy atom. The SMILES string of the molecule is CCC[N+](CCC)(CCC)CCO.[OH-]. The lowest BCUT2D eigenvalue weighted by molar-refractivity contribution is -0.928. The highest BCUT2D eigenvalue weighted by Gasteiger charge is 2.23. The molecule has 0 aromatic heterocycles. The van der Waals surface area contributed by atoms with E-state index in [1.165, 1.54) is 38.9 Å². The largest absolute Gasteiger partial charge is 0.870 e. The van der Waals surface area contributed by atoms with Gasteiger partial charge < -0.3 is 15.1 Å². The van der Waals surface area contributed by atoms with E-state index in [0.29, 0.717) is 6.61 Å². The summed E-state index contributed by atoms with van der Waals surface area (Å²) < 4.78 is 1.12. The molecule has 0 radical (unpaired) electrons. The van der Waals surface area contributed by atoms with Gasteiger partial charge in [-0.1, -0.05) is 20.8 Å². The summed E-state index contributed by atoms with van der Waals surface area (Å²) in [7, 11) is 0. The van der Waals surface area contributed by atoms with Gasteiger partial charge in [0.1, 0.15) is 6.54 Å². The molecule has 0 aliphatic carbocycles. The van der Waals surface area contributed by atoms with Gasteiger partial charge in [-0.3, -0.25) is 0 Å². The van der Waals surface area contributed by atoms with Crippen LogP contribution in [-0.4, -0.2) is 47.9 Å². The smallest absolute Gasteiger partial charge is 0.102 e. The highest BCUT2D eigenvalue weighted by Crippen LogP contribution is 2.10. The van der Waals surface area contributed by atoms with Crippen molar-refractivity contribution in [1.29, 1.82) is 0 Å². The number of aliphatic hydroxyl groups is 1. The summed E-state index contributed by atoms with van der Waals surface area (Å²) in [6.07, 6.45) is 3.67. The molecule has 0 aliphatic heterocycles. The number of aliphatic hydroxyl groups excluding tert-OH is 1. The van der Waals surface area contributed by atoms with Gasteiger partial charge in [0.05, 0.1) is 26.2 Å². The van der Waals surface area contributed by atoms with Crippen molar-refractivity contribution in [2.24, 2.45) is 0 Å². The molecule has 0 saturated heterocycles. The molecule has 88 valence electrons. The predicted octanol–water partition coefficient (Wildman–Crippen LogP) is 1.85. The second-order valence-electron chi connectivity index (χ2n) is 3.96. The molecule has 0 fully saturated rings. The van der Waals surface area contributed by atoms with E-state index in [0.717, 1.165) is 11.0 Å². The Bertz CT molecular complexity index is 88.3. The first-order chi connectivity index (χ1) is 6.24. The fraction of sp³-hybridized carbons (Fsp3) is 1.00. The molecule has 0 aliphatic rings. The Balaban J connectivity index is 0. The molecular weight excluding hydrogens is 178 g/mol. The van der Waals surface area contributed by atoms with Crippen molar-refractivity contribution in [3.8, 4) is 0 Å². The van der Waals surface area contributed by atoms with Crippen molar-refractivity contribution in [2.75, 3.05) is 32.8 Å². The first-order valence-corrected chi connectivity index (χ1v) is 5.70. The van der Waals surface area contributed by atoms with Crippen LogP contribution in [0, 0.1) is 0 Å². The van der Waals surface area contributed by atoms with Gasteiger partial charge in [-0.05, 0) is 19.3 Å². The van der Waals surface area contributed by atoms with Gasteiger partial charge in [0.25, 0.3) is 0 Å². The Hall–Kier alpha value is -0.120.